The lowest BCUT2D eigenvalue weighted by atomic mass is 9.93. The van der Waals surface area contributed by atoms with E-state index < -0.39 is 0 Å². The third-order valence-corrected chi connectivity index (χ3v) is 5.53. The van der Waals surface area contributed by atoms with Gasteiger partial charge in [-0.25, -0.2) is 4.68 Å². The van der Waals surface area contributed by atoms with E-state index in [0.717, 1.165) is 5.69 Å². The summed E-state index contributed by atoms with van der Waals surface area (Å²) in [4.78, 5) is 27.2. The highest BCUT2D eigenvalue weighted by atomic mass is 32.1. The molecule has 5 nitrogen and oxygen atoms in total. The highest BCUT2D eigenvalue weighted by Gasteiger charge is 2.31. The van der Waals surface area contributed by atoms with Crippen LogP contribution >= 0.6 is 11.3 Å². The predicted octanol–water partition coefficient (Wildman–Crippen LogP) is 4.09. The maximum atomic E-state index is 13.1. The van der Waals surface area contributed by atoms with Crippen LogP contribution in [0.4, 0.5) is 5.82 Å². The third kappa shape index (κ3) is 3.32. The molecule has 0 N–H and O–H groups in total. The minimum atomic E-state index is -0.0438. The number of anilines is 1. The number of benzene rings is 1. The first-order valence-corrected chi connectivity index (χ1v) is 9.60. The maximum absolute atomic E-state index is 13.1. The van der Waals surface area contributed by atoms with Gasteiger partial charge in [0.1, 0.15) is 5.78 Å². The molecule has 132 valence electrons. The normalized spacial score (nSPS) is 15.2. The summed E-state index contributed by atoms with van der Waals surface area (Å²) < 4.78 is 1.78. The van der Waals surface area contributed by atoms with Crippen molar-refractivity contribution in [3.05, 3.63) is 65.0 Å². The van der Waals surface area contributed by atoms with Crippen molar-refractivity contribution in [2.75, 3.05) is 4.90 Å². The van der Waals surface area contributed by atoms with E-state index in [1.807, 2.05) is 60.1 Å². The van der Waals surface area contributed by atoms with E-state index in [0.29, 0.717) is 36.4 Å². The van der Waals surface area contributed by atoms with Crippen LogP contribution in [0.2, 0.25) is 0 Å². The summed E-state index contributed by atoms with van der Waals surface area (Å²) in [5, 5.41) is 6.55. The number of rotatable bonds is 4. The molecule has 1 aliphatic carbocycles. The second-order valence-corrected chi connectivity index (χ2v) is 7.32. The molecule has 1 aliphatic rings. The lowest BCUT2D eigenvalue weighted by Crippen LogP contribution is -2.42. The van der Waals surface area contributed by atoms with Crippen molar-refractivity contribution >= 4 is 28.8 Å². The quantitative estimate of drug-likeness (QED) is 0.700. The first-order valence-electron chi connectivity index (χ1n) is 8.72. The van der Waals surface area contributed by atoms with Crippen molar-refractivity contribution in [3.63, 3.8) is 0 Å². The topological polar surface area (TPSA) is 55.2 Å². The molecule has 2 aromatic heterocycles. The van der Waals surface area contributed by atoms with Gasteiger partial charge in [0.15, 0.2) is 5.82 Å². The summed E-state index contributed by atoms with van der Waals surface area (Å²) in [5.74, 6) is 0.865. The lowest BCUT2D eigenvalue weighted by molar-refractivity contribution is -0.120. The number of amides is 1. The molecule has 0 radical (unpaired) electrons. The smallest absolute Gasteiger partial charge is 0.269 e. The highest BCUT2D eigenvalue weighted by Crippen LogP contribution is 2.28. The summed E-state index contributed by atoms with van der Waals surface area (Å²) in [6.07, 6.45) is 4.30. The van der Waals surface area contributed by atoms with Crippen LogP contribution in [0.5, 0.6) is 0 Å². The van der Waals surface area contributed by atoms with E-state index in [9.17, 15) is 9.59 Å². The molecule has 1 aromatic carbocycles. The molecular weight excluding hydrogens is 346 g/mol. The third-order valence-electron chi connectivity index (χ3n) is 4.67. The molecule has 1 fully saturated rings. The summed E-state index contributed by atoms with van der Waals surface area (Å²) in [5.41, 5.74) is 0.945. The molecule has 0 aliphatic heterocycles. The molecule has 0 bridgehead atoms. The summed E-state index contributed by atoms with van der Waals surface area (Å²) >= 11 is 1.43. The van der Waals surface area contributed by atoms with Gasteiger partial charge in [0.2, 0.25) is 0 Å². The van der Waals surface area contributed by atoms with Crippen LogP contribution in [0.15, 0.2) is 60.1 Å². The maximum Gasteiger partial charge on any atom is 0.269 e. The van der Waals surface area contributed by atoms with Gasteiger partial charge < -0.3 is 0 Å². The van der Waals surface area contributed by atoms with E-state index in [1.54, 1.807) is 9.58 Å². The second-order valence-electron chi connectivity index (χ2n) is 6.38. The molecule has 6 heteroatoms. The molecule has 26 heavy (non-hydrogen) atoms. The number of thiophene rings is 1. The fraction of sp³-hybridized carbons (Fsp3) is 0.250. The molecule has 3 aromatic rings. The minimum absolute atomic E-state index is 0.00132. The lowest BCUT2D eigenvalue weighted by Gasteiger charge is -2.32. The number of carbonyl (C=O) groups excluding carboxylic acids is 2. The zero-order valence-electron chi connectivity index (χ0n) is 14.2. The first-order chi connectivity index (χ1) is 12.7. The molecule has 1 saturated carbocycles. The molecule has 0 spiro atoms. The van der Waals surface area contributed by atoms with Gasteiger partial charge in [-0.05, 0) is 36.4 Å². The van der Waals surface area contributed by atoms with E-state index >= 15 is 0 Å². The molecule has 0 atom stereocenters. The highest BCUT2D eigenvalue weighted by molar-refractivity contribution is 7.12. The van der Waals surface area contributed by atoms with Crippen molar-refractivity contribution < 1.29 is 9.59 Å². The van der Waals surface area contributed by atoms with Crippen molar-refractivity contribution in [3.8, 4) is 5.69 Å². The van der Waals surface area contributed by atoms with E-state index in [1.165, 1.54) is 11.3 Å². The Hall–Kier alpha value is -2.73. The number of hydrogen-bond acceptors (Lipinski definition) is 4. The molecule has 0 saturated heterocycles. The van der Waals surface area contributed by atoms with Crippen LogP contribution in [-0.2, 0) is 4.79 Å². The zero-order valence-corrected chi connectivity index (χ0v) is 15.1. The van der Waals surface area contributed by atoms with Crippen molar-refractivity contribution in [1.82, 2.24) is 9.78 Å². The van der Waals surface area contributed by atoms with Gasteiger partial charge in [0.05, 0.1) is 10.6 Å². The van der Waals surface area contributed by atoms with Crippen LogP contribution in [0.3, 0.4) is 0 Å². The number of Topliss-reactive ketones (excluding diaryl/α,β-unsaturated/α-hetero) is 1. The Kier molecular flexibility index (Phi) is 4.67. The Morgan fingerprint density at radius 1 is 1.08 bits per heavy atom. The number of hydrogen-bond donors (Lipinski definition) is 0. The van der Waals surface area contributed by atoms with Crippen LogP contribution in [0.25, 0.3) is 5.69 Å². The average Bonchev–Trinajstić information content (AvgIpc) is 3.36. The van der Waals surface area contributed by atoms with Gasteiger partial charge in [0.25, 0.3) is 5.91 Å². The zero-order chi connectivity index (χ0) is 17.9. The first kappa shape index (κ1) is 16.7. The fourth-order valence-corrected chi connectivity index (χ4v) is 3.99. The largest absolute Gasteiger partial charge is 0.300 e. The number of para-hydroxylation sites is 1. The van der Waals surface area contributed by atoms with E-state index in [2.05, 4.69) is 5.10 Å². The molecule has 0 unspecified atom stereocenters. The Morgan fingerprint density at radius 2 is 1.85 bits per heavy atom. The van der Waals surface area contributed by atoms with E-state index in [4.69, 9.17) is 0 Å². The summed E-state index contributed by atoms with van der Waals surface area (Å²) in [6, 6.07) is 15.4. The molecular formula is C20H19N3O2S. The molecule has 1 amide bonds. The van der Waals surface area contributed by atoms with E-state index in [-0.39, 0.29) is 17.7 Å². The second kappa shape index (κ2) is 7.25. The van der Waals surface area contributed by atoms with Gasteiger partial charge in [-0.2, -0.15) is 0 Å². The average molecular weight is 365 g/mol. The summed E-state index contributed by atoms with van der Waals surface area (Å²) in [7, 11) is 0. The van der Waals surface area contributed by atoms with Crippen LogP contribution in [0.1, 0.15) is 35.4 Å². The SMILES string of the molecule is O=C1CCC(N(C(=O)c2cccs2)c2ccn(-c3ccccc3)n2)CC1. The Labute approximate surface area is 155 Å². The Bertz CT molecular complexity index is 892. The van der Waals surface area contributed by atoms with Crippen LogP contribution < -0.4 is 4.90 Å². The van der Waals surface area contributed by atoms with Gasteiger partial charge in [-0.3, -0.25) is 14.5 Å². The Morgan fingerprint density at radius 3 is 2.54 bits per heavy atom. The van der Waals surface area contributed by atoms with Gasteiger partial charge in [-0.15, -0.1) is 16.4 Å². The van der Waals surface area contributed by atoms with Crippen molar-refractivity contribution in [2.45, 2.75) is 31.7 Å². The minimum Gasteiger partial charge on any atom is -0.300 e. The summed E-state index contributed by atoms with van der Waals surface area (Å²) in [6.45, 7) is 0. The van der Waals surface area contributed by atoms with Gasteiger partial charge >= 0.3 is 0 Å². The van der Waals surface area contributed by atoms with Crippen LogP contribution in [-0.4, -0.2) is 27.5 Å². The predicted molar refractivity (Wildman–Crippen MR) is 102 cm³/mol. The number of aromatic nitrogens is 2. The Balaban J connectivity index is 1.68. The van der Waals surface area contributed by atoms with Gasteiger partial charge in [0, 0.05) is 31.1 Å². The fourth-order valence-electron chi connectivity index (χ4n) is 3.33. The van der Waals surface area contributed by atoms with Gasteiger partial charge in [-0.1, -0.05) is 24.3 Å². The standard InChI is InChI=1S/C20H19N3O2S/c24-17-10-8-16(9-11-17)23(20(25)18-7-4-14-26-18)19-12-13-22(21-19)15-5-2-1-3-6-15/h1-7,12-14,16H,8-11H2. The van der Waals surface area contributed by atoms with Crippen LogP contribution in [0, 0.1) is 0 Å². The number of ketones is 1. The molecule has 4 rings (SSSR count). The monoisotopic (exact) mass is 365 g/mol. The molecule has 2 heterocycles. The number of nitrogens with zero attached hydrogens (tertiary/aromatic N) is 3. The van der Waals surface area contributed by atoms with Crippen molar-refractivity contribution in [1.29, 1.82) is 0 Å². The number of carbonyl (C=O) groups is 2. The van der Waals surface area contributed by atoms with Crippen molar-refractivity contribution in [2.24, 2.45) is 0 Å².